The topological polar surface area (TPSA) is 261 Å². The van der Waals surface area contributed by atoms with Gasteiger partial charge in [-0.15, -0.1) is 0 Å². The minimum atomic E-state index is -3.76. The number of nitrogens with zero attached hydrogens (tertiary/aromatic N) is 8. The number of ether oxygens (including phenoxy) is 2. The third-order valence-electron chi connectivity index (χ3n) is 15.8. The fraction of sp³-hybridized carbons (Fsp3) is 0.121. The minimum Gasteiger partial charge on any atom is -0.512 e. The van der Waals surface area contributed by atoms with Crippen molar-refractivity contribution < 1.29 is 70.6 Å². The number of aromatic nitrogens is 4. The van der Waals surface area contributed by atoms with Crippen molar-refractivity contribution in [2.75, 3.05) is 49.3 Å². The number of carbonyl (C=O) groups is 2. The average Bonchev–Trinajstić information content (AvgIpc) is 1.54. The van der Waals surface area contributed by atoms with Crippen LogP contribution in [0.15, 0.2) is 159 Å². The van der Waals surface area contributed by atoms with Gasteiger partial charge in [0.05, 0.1) is 78.9 Å². The number of nitrogens with one attached hydrogen (secondary N) is 2. The molecule has 0 aliphatic carbocycles. The number of amides is 2. The number of rotatable bonds is 10. The molecule has 8 heterocycles. The van der Waals surface area contributed by atoms with Crippen molar-refractivity contribution >= 4 is 103 Å². The van der Waals surface area contributed by atoms with Crippen molar-refractivity contribution in [3.05, 3.63) is 185 Å². The Morgan fingerprint density at radius 2 is 1.00 bits per heavy atom. The summed E-state index contributed by atoms with van der Waals surface area (Å²) >= 11 is 3.76. The molecule has 0 atom stereocenters. The summed E-state index contributed by atoms with van der Waals surface area (Å²) in [6, 6.07) is 42.4. The van der Waals surface area contributed by atoms with E-state index in [-0.39, 0.29) is 63.3 Å². The molecule has 0 saturated carbocycles. The van der Waals surface area contributed by atoms with Crippen LogP contribution in [0.1, 0.15) is 26.3 Å². The number of sulfonamides is 2. The molecular weight excluding hydrogens is 1340 g/mol. The predicted molar refractivity (Wildman–Crippen MR) is 343 cm³/mol. The Bertz CT molecular complexity index is 5340. The summed E-state index contributed by atoms with van der Waals surface area (Å²) in [5.74, 6) is -0.268. The molecule has 12 aromatic rings. The summed E-state index contributed by atoms with van der Waals surface area (Å²) in [4.78, 5) is 36.4. The van der Waals surface area contributed by atoms with Gasteiger partial charge in [-0.1, -0.05) is 36.4 Å². The fourth-order valence-electron chi connectivity index (χ4n) is 11.3. The van der Waals surface area contributed by atoms with E-state index in [1.54, 1.807) is 48.5 Å². The number of nitriles is 1. The molecule has 0 radical (unpaired) electrons. The zero-order valence-corrected chi connectivity index (χ0v) is 53.3. The normalized spacial score (nSPS) is 12.1. The van der Waals surface area contributed by atoms with Gasteiger partial charge in [-0.3, -0.25) is 18.2 Å². The third-order valence-corrected chi connectivity index (χ3v) is 19.0. The molecule has 20 nitrogen and oxygen atoms in total. The first-order valence-corrected chi connectivity index (χ1v) is 32.0. The van der Waals surface area contributed by atoms with E-state index in [9.17, 15) is 40.5 Å². The number of para-hydroxylation sites is 2. The second-order valence-corrected chi connectivity index (χ2v) is 25.8. The number of furan rings is 2. The second kappa shape index (κ2) is 24.5. The SMILES string of the molecule is CNC(=O)c1c(-c2ccc(F)cc2)oc2cc(N(C)S(C)(=O)=O)c(-c3ccc4c(n3)-c3c(Br)c5ccccc5n3CO4)cc12.CNC(=O)c1c(-c2ccc(F)cc2)oc2cc(N(C)S(C)(=O)=O)c(-c3ccc4c(n3)-c3c(C#N)c5ccccc5n3CO4)cc12.[C-]#N.[Cu+]. The average molecular weight is 1390 g/mol. The third kappa shape index (κ3) is 10.8. The van der Waals surface area contributed by atoms with Crippen molar-refractivity contribution in [3.8, 4) is 85.5 Å². The van der Waals surface area contributed by atoms with E-state index in [1.807, 2.05) is 57.7 Å². The number of carbonyl (C=O) groups excluding carboxylic acids is 2. The first kappa shape index (κ1) is 63.2. The molecule has 0 spiro atoms. The molecule has 2 aliphatic rings. The molecule has 2 N–H and O–H groups in total. The van der Waals surface area contributed by atoms with E-state index in [0.717, 1.165) is 53.1 Å². The van der Waals surface area contributed by atoms with Gasteiger partial charge in [0.2, 0.25) is 20.0 Å². The van der Waals surface area contributed by atoms with Gasteiger partial charge in [0, 0.05) is 84.1 Å². The fourth-order valence-corrected chi connectivity index (χ4v) is 13.1. The molecule has 92 heavy (non-hydrogen) atoms. The quantitative estimate of drug-likeness (QED) is 0.0953. The molecule has 466 valence electrons. The van der Waals surface area contributed by atoms with Gasteiger partial charge in [-0.05, 0) is 113 Å². The van der Waals surface area contributed by atoms with Crippen LogP contribution in [-0.2, 0) is 50.6 Å². The first-order chi connectivity index (χ1) is 43.7. The van der Waals surface area contributed by atoms with E-state index >= 15 is 0 Å². The summed E-state index contributed by atoms with van der Waals surface area (Å²) in [5, 5.41) is 24.3. The molecule has 0 bridgehead atoms. The van der Waals surface area contributed by atoms with Gasteiger partial charge in [-0.2, -0.15) is 5.26 Å². The number of benzene rings is 6. The minimum absolute atomic E-state index is 0. The Hall–Kier alpha value is -10.3. The van der Waals surface area contributed by atoms with E-state index in [4.69, 9.17) is 40.1 Å². The van der Waals surface area contributed by atoms with Gasteiger partial charge in [0.1, 0.15) is 63.3 Å². The van der Waals surface area contributed by atoms with Crippen LogP contribution in [0.4, 0.5) is 20.2 Å². The van der Waals surface area contributed by atoms with Crippen LogP contribution in [0.5, 0.6) is 11.5 Å². The zero-order chi connectivity index (χ0) is 64.5. The van der Waals surface area contributed by atoms with Gasteiger partial charge >= 0.3 is 17.1 Å². The van der Waals surface area contributed by atoms with Crippen molar-refractivity contribution in [3.63, 3.8) is 0 Å². The van der Waals surface area contributed by atoms with Crippen molar-refractivity contribution in [2.24, 2.45) is 0 Å². The number of hydrogen-bond acceptors (Lipinski definition) is 14. The Kier molecular flexibility index (Phi) is 16.8. The van der Waals surface area contributed by atoms with E-state index < -0.39 is 43.5 Å². The second-order valence-electron chi connectivity index (χ2n) is 21.0. The summed E-state index contributed by atoms with van der Waals surface area (Å²) < 4.78 is 110. The van der Waals surface area contributed by atoms with Crippen LogP contribution in [0, 0.1) is 34.8 Å². The molecule has 2 aliphatic heterocycles. The summed E-state index contributed by atoms with van der Waals surface area (Å²) in [5.41, 5.74) is 8.80. The zero-order valence-electron chi connectivity index (χ0n) is 49.2. The van der Waals surface area contributed by atoms with Crippen molar-refractivity contribution in [1.82, 2.24) is 29.7 Å². The number of fused-ring (bicyclic) bond motifs is 12. The van der Waals surface area contributed by atoms with Crippen LogP contribution < -0.4 is 28.7 Å². The van der Waals surface area contributed by atoms with Crippen molar-refractivity contribution in [2.45, 2.75) is 13.5 Å². The van der Waals surface area contributed by atoms with E-state index in [1.165, 1.54) is 76.7 Å². The molecule has 2 amide bonds. The molecule has 14 rings (SSSR count). The molecule has 0 fully saturated rings. The molecule has 6 aromatic heterocycles. The summed E-state index contributed by atoms with van der Waals surface area (Å²) in [6.45, 7) is 5.25. The van der Waals surface area contributed by atoms with Crippen LogP contribution in [-0.4, -0.2) is 88.5 Å². The number of pyridine rings is 2. The molecule has 0 unspecified atom stereocenters. The Balaban J connectivity index is 0.000000182. The summed E-state index contributed by atoms with van der Waals surface area (Å²) in [7, 11) is -1.63. The smallest absolute Gasteiger partial charge is 0.512 e. The van der Waals surface area contributed by atoms with E-state index in [2.05, 4.69) is 32.6 Å². The number of hydrogen-bond donors (Lipinski definition) is 2. The maximum Gasteiger partial charge on any atom is 1.00 e. The van der Waals surface area contributed by atoms with Crippen molar-refractivity contribution in [1.29, 1.82) is 10.5 Å². The predicted octanol–water partition coefficient (Wildman–Crippen LogP) is 12.8. The van der Waals surface area contributed by atoms with E-state index in [0.29, 0.717) is 91.0 Å². The Morgan fingerprint density at radius 3 is 1.42 bits per heavy atom. The maximum atomic E-state index is 13.7. The van der Waals surface area contributed by atoms with Crippen LogP contribution in [0.3, 0.4) is 0 Å². The van der Waals surface area contributed by atoms with Gasteiger partial charge in [0.15, 0.2) is 13.5 Å². The van der Waals surface area contributed by atoms with Gasteiger partial charge < -0.3 is 49.9 Å². The Morgan fingerprint density at radius 1 is 0.598 bits per heavy atom. The van der Waals surface area contributed by atoms with Crippen LogP contribution in [0.25, 0.3) is 112 Å². The number of halogens is 3. The first-order valence-electron chi connectivity index (χ1n) is 27.5. The molecule has 0 saturated heterocycles. The standard InChI is InChI=1S/C33H24FN5O5S.C32H24BrFN4O5S.CN.Cu/c1-36-33(40)29-22-14-21(26(38(2)45(3,41)42)15-28(22)44-32(29)18-8-10-19(34)11-9-18)24-12-13-27-30(37-24)31-23(16-35)20-6-4-5-7-25(20)39(31)17-43-27;1-35-32(39)27-21-14-20(24(37(2)44(3,40)41)15-26(21)43-31(27)17-8-10-18(34)11-9-17)22-12-13-25-29(36-22)30-28(33)19-6-4-5-7-23(19)38(30)16-42-25;1-2;/h4-15H,17H2,1-3H3,(H,36,40);4-15H,16H2,1-3H3,(H,35,39);;/q;;-1;+1. The van der Waals surface area contributed by atoms with Crippen LogP contribution in [0.2, 0.25) is 0 Å². The monoisotopic (exact) mass is 1380 g/mol. The molecule has 6 aromatic carbocycles. The molecular formula is C66H48BrCuF2N10O10S2. The summed E-state index contributed by atoms with van der Waals surface area (Å²) in [6.07, 6.45) is 2.18. The molecule has 26 heteroatoms. The van der Waals surface area contributed by atoms with Gasteiger partial charge in [-0.25, -0.2) is 35.6 Å². The number of anilines is 2. The Labute approximate surface area is 543 Å². The largest absolute Gasteiger partial charge is 1.00 e. The van der Waals surface area contributed by atoms with Crippen LogP contribution >= 0.6 is 15.9 Å². The maximum absolute atomic E-state index is 13.7. The van der Waals surface area contributed by atoms with Gasteiger partial charge in [0.25, 0.3) is 11.8 Å².